The lowest BCUT2D eigenvalue weighted by Crippen LogP contribution is -2.42. The minimum absolute atomic E-state index is 0.311. The molecule has 0 saturated carbocycles. The van der Waals surface area contributed by atoms with Gasteiger partial charge in [-0.3, -0.25) is 0 Å². The van der Waals surface area contributed by atoms with Crippen LogP contribution in [0.15, 0.2) is 0 Å². The third kappa shape index (κ3) is 34.0. The number of unbranched alkanes of at least 4 members (excludes halogenated alkanes) is 13. The van der Waals surface area contributed by atoms with E-state index in [1.54, 1.807) is 0 Å². The SMILES string of the molecule is CCCCCCCCCCCCCCCC[N+](C)(C)CCO.O=P(O)(O)O. The van der Waals surface area contributed by atoms with Crippen molar-refractivity contribution in [1.82, 2.24) is 0 Å². The topological polar surface area (TPSA) is 98.0 Å². The molecule has 0 aliphatic rings. The van der Waals surface area contributed by atoms with Crippen molar-refractivity contribution < 1.29 is 28.8 Å². The maximum atomic E-state index is 9.00. The summed E-state index contributed by atoms with van der Waals surface area (Å²) in [7, 11) is -0.197. The van der Waals surface area contributed by atoms with Crippen LogP contribution in [0.2, 0.25) is 0 Å². The van der Waals surface area contributed by atoms with Crippen molar-refractivity contribution in [2.24, 2.45) is 0 Å². The van der Waals surface area contributed by atoms with Gasteiger partial charge in [0.05, 0.1) is 27.2 Å². The van der Waals surface area contributed by atoms with Crippen molar-refractivity contribution in [3.8, 4) is 0 Å². The summed E-state index contributed by atoms with van der Waals surface area (Å²) in [5, 5.41) is 9.00. The first-order valence-electron chi connectivity index (χ1n) is 10.8. The van der Waals surface area contributed by atoms with Gasteiger partial charge >= 0.3 is 7.82 Å². The van der Waals surface area contributed by atoms with Gasteiger partial charge in [0.1, 0.15) is 6.54 Å². The fourth-order valence-corrected chi connectivity index (χ4v) is 3.12. The molecule has 0 aromatic rings. The Labute approximate surface area is 167 Å². The summed E-state index contributed by atoms with van der Waals surface area (Å²) in [6.07, 6.45) is 19.9. The predicted octanol–water partition coefficient (Wildman–Crippen LogP) is 4.61. The molecule has 0 amide bonds. The number of aliphatic hydroxyl groups excluding tert-OH is 1. The van der Waals surface area contributed by atoms with Gasteiger partial charge in [0.2, 0.25) is 0 Å². The average Bonchev–Trinajstić information content (AvgIpc) is 2.53. The summed E-state index contributed by atoms with van der Waals surface area (Å²) in [6.45, 7) is 4.69. The minimum Gasteiger partial charge on any atom is -0.391 e. The molecule has 6 nitrogen and oxygen atoms in total. The van der Waals surface area contributed by atoms with Crippen LogP contribution in [0.4, 0.5) is 0 Å². The molecule has 0 aliphatic heterocycles. The molecule has 0 radical (unpaired) electrons. The van der Waals surface area contributed by atoms with Crippen molar-refractivity contribution in [3.05, 3.63) is 0 Å². The van der Waals surface area contributed by atoms with Gasteiger partial charge in [0.25, 0.3) is 0 Å². The van der Waals surface area contributed by atoms with Crippen LogP contribution in [-0.2, 0) is 4.57 Å². The molecule has 27 heavy (non-hydrogen) atoms. The van der Waals surface area contributed by atoms with E-state index in [2.05, 4.69) is 21.0 Å². The number of hydrogen-bond donors (Lipinski definition) is 4. The number of rotatable bonds is 17. The zero-order chi connectivity index (χ0) is 21.0. The van der Waals surface area contributed by atoms with E-state index in [4.69, 9.17) is 24.4 Å². The first-order chi connectivity index (χ1) is 12.6. The van der Waals surface area contributed by atoms with Crippen LogP contribution in [-0.4, -0.2) is 58.1 Å². The number of quaternary nitrogens is 1. The molecular weight excluding hydrogens is 365 g/mol. The van der Waals surface area contributed by atoms with Gasteiger partial charge in [-0.1, -0.05) is 84.0 Å². The lowest BCUT2D eigenvalue weighted by molar-refractivity contribution is -0.890. The van der Waals surface area contributed by atoms with Gasteiger partial charge in [0.15, 0.2) is 0 Å². The second-order valence-electron chi connectivity index (χ2n) is 8.22. The van der Waals surface area contributed by atoms with Crippen LogP contribution >= 0.6 is 7.82 Å². The maximum absolute atomic E-state index is 9.00. The van der Waals surface area contributed by atoms with Gasteiger partial charge in [-0.15, -0.1) is 0 Å². The van der Waals surface area contributed by atoms with Crippen molar-refractivity contribution in [2.45, 2.75) is 96.8 Å². The van der Waals surface area contributed by atoms with E-state index in [1.807, 2.05) is 0 Å². The molecule has 0 heterocycles. The number of phosphoric acid groups is 1. The summed E-state index contributed by atoms with van der Waals surface area (Å²) in [5.74, 6) is 0. The Bertz CT molecular complexity index is 339. The van der Waals surface area contributed by atoms with Crippen LogP contribution < -0.4 is 0 Å². The zero-order valence-electron chi connectivity index (χ0n) is 18.1. The minimum atomic E-state index is -4.64. The van der Waals surface area contributed by atoms with E-state index in [9.17, 15) is 0 Å². The molecule has 0 fully saturated rings. The monoisotopic (exact) mass is 412 g/mol. The van der Waals surface area contributed by atoms with Crippen molar-refractivity contribution in [2.75, 3.05) is 33.8 Å². The van der Waals surface area contributed by atoms with Gasteiger partial charge in [-0.25, -0.2) is 4.57 Å². The molecule has 0 rings (SSSR count). The predicted molar refractivity (Wildman–Crippen MR) is 114 cm³/mol. The average molecular weight is 413 g/mol. The van der Waals surface area contributed by atoms with Crippen LogP contribution in [0.1, 0.15) is 96.8 Å². The molecule has 0 spiro atoms. The quantitative estimate of drug-likeness (QED) is 0.159. The Morgan fingerprint density at radius 3 is 1.22 bits per heavy atom. The number of hydrogen-bond acceptors (Lipinski definition) is 2. The van der Waals surface area contributed by atoms with Crippen molar-refractivity contribution in [1.29, 1.82) is 0 Å². The van der Waals surface area contributed by atoms with E-state index in [-0.39, 0.29) is 0 Å². The summed E-state index contributed by atoms with van der Waals surface area (Å²) < 4.78 is 9.85. The normalized spacial score (nSPS) is 12.0. The van der Waals surface area contributed by atoms with Crippen molar-refractivity contribution >= 4 is 7.82 Å². The van der Waals surface area contributed by atoms with E-state index < -0.39 is 7.82 Å². The maximum Gasteiger partial charge on any atom is 0.466 e. The molecule has 0 saturated heterocycles. The van der Waals surface area contributed by atoms with E-state index >= 15 is 0 Å². The van der Waals surface area contributed by atoms with E-state index in [0.717, 1.165) is 11.0 Å². The molecule has 0 aliphatic carbocycles. The van der Waals surface area contributed by atoms with Crippen LogP contribution in [0.3, 0.4) is 0 Å². The number of likely N-dealkylation sites (N-methyl/N-ethyl adjacent to an activating group) is 1. The third-order valence-corrected chi connectivity index (χ3v) is 4.82. The smallest absolute Gasteiger partial charge is 0.391 e. The highest BCUT2D eigenvalue weighted by Gasteiger charge is 2.12. The summed E-state index contributed by atoms with van der Waals surface area (Å²) in [6, 6.07) is 0. The van der Waals surface area contributed by atoms with Crippen LogP contribution in [0.25, 0.3) is 0 Å². The largest absolute Gasteiger partial charge is 0.466 e. The highest BCUT2D eigenvalue weighted by Crippen LogP contribution is 2.25. The van der Waals surface area contributed by atoms with Crippen LogP contribution in [0, 0.1) is 0 Å². The third-order valence-electron chi connectivity index (χ3n) is 4.82. The first-order valence-corrected chi connectivity index (χ1v) is 12.4. The Morgan fingerprint density at radius 1 is 0.630 bits per heavy atom. The van der Waals surface area contributed by atoms with Crippen LogP contribution in [0.5, 0.6) is 0 Å². The molecule has 0 unspecified atom stereocenters. The number of aliphatic hydroxyl groups is 1. The second kappa shape index (κ2) is 19.4. The molecule has 7 heteroatoms. The molecular formula is C20H47NO5P+. The summed E-state index contributed by atoms with van der Waals surface area (Å²) in [4.78, 5) is 21.6. The Kier molecular flexibility index (Phi) is 21.0. The zero-order valence-corrected chi connectivity index (χ0v) is 19.0. The Balaban J connectivity index is 0. The fourth-order valence-electron chi connectivity index (χ4n) is 3.12. The highest BCUT2D eigenvalue weighted by atomic mass is 31.2. The standard InChI is InChI=1S/C20H44NO.H3O4P/c1-4-5-6-7-8-9-10-11-12-13-14-15-16-17-18-21(2,3)19-20-22;1-5(2,3)4/h22H,4-20H2,1-3H3;(H3,1,2,3,4)/q+1;. The molecule has 0 aromatic heterocycles. The van der Waals surface area contributed by atoms with Gasteiger partial charge in [0, 0.05) is 0 Å². The first kappa shape index (κ1) is 29.2. The lowest BCUT2D eigenvalue weighted by atomic mass is 10.0. The fraction of sp³-hybridized carbons (Fsp3) is 1.00. The lowest BCUT2D eigenvalue weighted by Gasteiger charge is -2.28. The second-order valence-corrected chi connectivity index (χ2v) is 9.24. The number of nitrogens with zero attached hydrogens (tertiary/aromatic N) is 1. The molecule has 0 aromatic carbocycles. The van der Waals surface area contributed by atoms with Gasteiger partial charge < -0.3 is 24.3 Å². The van der Waals surface area contributed by atoms with E-state index in [1.165, 1.54) is 96.4 Å². The summed E-state index contributed by atoms with van der Waals surface area (Å²) in [5.41, 5.74) is 0. The molecule has 0 atom stereocenters. The Morgan fingerprint density at radius 2 is 0.926 bits per heavy atom. The molecule has 0 bridgehead atoms. The highest BCUT2D eigenvalue weighted by molar-refractivity contribution is 7.45. The van der Waals surface area contributed by atoms with E-state index in [0.29, 0.717) is 6.61 Å². The van der Waals surface area contributed by atoms with Gasteiger partial charge in [-0.2, -0.15) is 0 Å². The molecule has 4 N–H and O–H groups in total. The summed E-state index contributed by atoms with van der Waals surface area (Å²) >= 11 is 0. The van der Waals surface area contributed by atoms with Gasteiger partial charge in [-0.05, 0) is 12.8 Å². The van der Waals surface area contributed by atoms with Crippen molar-refractivity contribution in [3.63, 3.8) is 0 Å². The Hall–Kier alpha value is 0.0300. The molecule has 166 valence electrons.